The molecular weight excluding hydrogens is 262 g/mol. The van der Waals surface area contributed by atoms with Crippen molar-refractivity contribution >= 4 is 23.3 Å². The van der Waals surface area contributed by atoms with Gasteiger partial charge in [0.25, 0.3) is 0 Å². The van der Waals surface area contributed by atoms with Crippen molar-refractivity contribution in [2.24, 2.45) is 0 Å². The van der Waals surface area contributed by atoms with E-state index in [0.717, 1.165) is 5.56 Å². The van der Waals surface area contributed by atoms with E-state index in [1.165, 1.54) is 4.40 Å². The minimum Gasteiger partial charge on any atom is -0.480 e. The number of carboxylic acids is 2. The largest absolute Gasteiger partial charge is 0.480 e. The minimum atomic E-state index is -1.06. The Hall–Kier alpha value is -2.57. The van der Waals surface area contributed by atoms with Crippen LogP contribution in [0.3, 0.4) is 0 Å². The predicted octanol–water partition coefficient (Wildman–Crippen LogP) is 1.17. The fraction of sp³-hybridized carbons (Fsp3) is 0.308. The van der Waals surface area contributed by atoms with Crippen molar-refractivity contribution in [3.8, 4) is 0 Å². The van der Waals surface area contributed by atoms with Crippen LogP contribution >= 0.6 is 0 Å². The Bertz CT molecular complexity index is 705. The number of pyridine rings is 1. The SMILES string of the molecule is Cc1cc2nc(C)c(C(=O)O)n2cc1N(C)CC(=O)O. The zero-order valence-electron chi connectivity index (χ0n) is 11.4. The fourth-order valence-corrected chi connectivity index (χ4v) is 2.24. The van der Waals surface area contributed by atoms with Crippen LogP contribution in [0.5, 0.6) is 0 Å². The molecule has 0 amide bonds. The van der Waals surface area contributed by atoms with E-state index in [-0.39, 0.29) is 12.2 Å². The number of anilines is 1. The lowest BCUT2D eigenvalue weighted by Gasteiger charge is -2.19. The second kappa shape index (κ2) is 4.84. The maximum absolute atomic E-state index is 11.3. The highest BCUT2D eigenvalue weighted by Crippen LogP contribution is 2.23. The molecule has 2 aromatic heterocycles. The Morgan fingerprint density at radius 2 is 2.00 bits per heavy atom. The normalized spacial score (nSPS) is 10.8. The molecule has 0 aliphatic carbocycles. The maximum atomic E-state index is 11.3. The molecule has 0 bridgehead atoms. The monoisotopic (exact) mass is 277 g/mol. The fourth-order valence-electron chi connectivity index (χ4n) is 2.24. The Balaban J connectivity index is 2.62. The molecule has 0 saturated carbocycles. The summed E-state index contributed by atoms with van der Waals surface area (Å²) in [6.07, 6.45) is 1.61. The van der Waals surface area contributed by atoms with Crippen LogP contribution in [0, 0.1) is 13.8 Å². The quantitative estimate of drug-likeness (QED) is 0.871. The second-order valence-corrected chi connectivity index (χ2v) is 4.67. The molecule has 20 heavy (non-hydrogen) atoms. The van der Waals surface area contributed by atoms with Gasteiger partial charge >= 0.3 is 11.9 Å². The van der Waals surface area contributed by atoms with Crippen molar-refractivity contribution in [1.82, 2.24) is 9.38 Å². The van der Waals surface area contributed by atoms with E-state index >= 15 is 0 Å². The zero-order chi connectivity index (χ0) is 15.0. The molecule has 106 valence electrons. The van der Waals surface area contributed by atoms with Gasteiger partial charge in [-0.15, -0.1) is 0 Å². The number of aromatic carboxylic acids is 1. The van der Waals surface area contributed by atoms with Crippen LogP contribution in [0.4, 0.5) is 5.69 Å². The van der Waals surface area contributed by atoms with E-state index in [4.69, 9.17) is 5.11 Å². The molecule has 0 saturated heterocycles. The summed E-state index contributed by atoms with van der Waals surface area (Å²) in [5.41, 5.74) is 2.53. The summed E-state index contributed by atoms with van der Waals surface area (Å²) in [5, 5.41) is 18.1. The van der Waals surface area contributed by atoms with Crippen LogP contribution in [0.15, 0.2) is 12.3 Å². The number of carbonyl (C=O) groups is 2. The van der Waals surface area contributed by atoms with Crippen LogP contribution in [-0.4, -0.2) is 45.1 Å². The van der Waals surface area contributed by atoms with Crippen molar-refractivity contribution in [1.29, 1.82) is 0 Å². The predicted molar refractivity (Wildman–Crippen MR) is 72.5 cm³/mol. The van der Waals surface area contributed by atoms with E-state index in [1.807, 2.05) is 6.92 Å². The van der Waals surface area contributed by atoms with Gasteiger partial charge in [-0.25, -0.2) is 9.78 Å². The zero-order valence-corrected chi connectivity index (χ0v) is 11.4. The van der Waals surface area contributed by atoms with Gasteiger partial charge in [-0.2, -0.15) is 0 Å². The average Bonchev–Trinajstić information content (AvgIpc) is 2.61. The molecule has 7 nitrogen and oxygen atoms in total. The smallest absolute Gasteiger partial charge is 0.354 e. The number of likely N-dealkylation sites (N-methyl/N-ethyl adjacent to an activating group) is 1. The van der Waals surface area contributed by atoms with Gasteiger partial charge in [0.1, 0.15) is 12.2 Å². The van der Waals surface area contributed by atoms with E-state index in [9.17, 15) is 14.7 Å². The molecule has 2 rings (SSSR count). The second-order valence-electron chi connectivity index (χ2n) is 4.67. The van der Waals surface area contributed by atoms with Crippen molar-refractivity contribution < 1.29 is 19.8 Å². The first-order valence-corrected chi connectivity index (χ1v) is 5.96. The van der Waals surface area contributed by atoms with Crippen LogP contribution < -0.4 is 4.90 Å². The number of imidazole rings is 1. The molecular formula is C13H15N3O4. The van der Waals surface area contributed by atoms with E-state index < -0.39 is 11.9 Å². The van der Waals surface area contributed by atoms with E-state index in [0.29, 0.717) is 17.0 Å². The minimum absolute atomic E-state index is 0.0879. The van der Waals surface area contributed by atoms with E-state index in [1.54, 1.807) is 31.1 Å². The van der Waals surface area contributed by atoms with Gasteiger partial charge in [-0.1, -0.05) is 0 Å². The van der Waals surface area contributed by atoms with Crippen LogP contribution in [0.1, 0.15) is 21.7 Å². The van der Waals surface area contributed by atoms with Gasteiger partial charge in [-0.05, 0) is 25.5 Å². The summed E-state index contributed by atoms with van der Waals surface area (Å²) in [5.74, 6) is -2.02. The topological polar surface area (TPSA) is 95.1 Å². The summed E-state index contributed by atoms with van der Waals surface area (Å²) < 4.78 is 1.47. The van der Waals surface area contributed by atoms with Crippen molar-refractivity contribution in [3.63, 3.8) is 0 Å². The first kappa shape index (κ1) is 13.9. The highest BCUT2D eigenvalue weighted by molar-refractivity contribution is 5.88. The summed E-state index contributed by atoms with van der Waals surface area (Å²) in [6.45, 7) is 3.30. The molecule has 2 aromatic rings. The maximum Gasteiger partial charge on any atom is 0.354 e. The summed E-state index contributed by atoms with van der Waals surface area (Å²) in [6, 6.07) is 1.74. The number of aryl methyl sites for hydroxylation is 2. The molecule has 0 aromatic carbocycles. The standard InChI is InChI=1S/C13H15N3O4/c1-7-4-10-14-8(2)12(13(19)20)16(10)5-9(7)15(3)6-11(17)18/h4-5H,6H2,1-3H3,(H,17,18)(H,19,20). The average molecular weight is 277 g/mol. The summed E-state index contributed by atoms with van der Waals surface area (Å²) >= 11 is 0. The number of nitrogens with zero attached hydrogens (tertiary/aromatic N) is 3. The number of fused-ring (bicyclic) bond motifs is 1. The Morgan fingerprint density at radius 1 is 1.35 bits per heavy atom. The van der Waals surface area contributed by atoms with Gasteiger partial charge in [0.2, 0.25) is 0 Å². The first-order chi connectivity index (χ1) is 9.31. The number of carboxylic acid groups (broad SMARTS) is 2. The Kier molecular flexibility index (Phi) is 3.35. The number of aliphatic carboxylic acids is 1. The molecule has 0 atom stereocenters. The third-order valence-corrected chi connectivity index (χ3v) is 3.10. The summed E-state index contributed by atoms with van der Waals surface area (Å²) in [4.78, 5) is 27.8. The highest BCUT2D eigenvalue weighted by atomic mass is 16.4. The van der Waals surface area contributed by atoms with Gasteiger partial charge in [0.05, 0.1) is 11.4 Å². The number of hydrogen-bond donors (Lipinski definition) is 2. The first-order valence-electron chi connectivity index (χ1n) is 5.96. The molecule has 0 spiro atoms. The lowest BCUT2D eigenvalue weighted by molar-refractivity contribution is -0.135. The molecule has 2 N–H and O–H groups in total. The van der Waals surface area contributed by atoms with Crippen molar-refractivity contribution in [2.75, 3.05) is 18.5 Å². The van der Waals surface area contributed by atoms with Gasteiger partial charge < -0.3 is 15.1 Å². The molecule has 0 radical (unpaired) electrons. The third-order valence-electron chi connectivity index (χ3n) is 3.10. The molecule has 0 fully saturated rings. The number of aromatic nitrogens is 2. The number of rotatable bonds is 4. The van der Waals surface area contributed by atoms with E-state index in [2.05, 4.69) is 4.98 Å². The van der Waals surface area contributed by atoms with Crippen LogP contribution in [-0.2, 0) is 4.79 Å². The van der Waals surface area contributed by atoms with Crippen LogP contribution in [0.25, 0.3) is 5.65 Å². The molecule has 0 aliphatic rings. The van der Waals surface area contributed by atoms with Crippen LogP contribution in [0.2, 0.25) is 0 Å². The Labute approximate surface area is 115 Å². The van der Waals surface area contributed by atoms with Crippen molar-refractivity contribution in [3.05, 3.63) is 29.2 Å². The molecule has 7 heteroatoms. The lowest BCUT2D eigenvalue weighted by atomic mass is 10.2. The summed E-state index contributed by atoms with van der Waals surface area (Å²) in [7, 11) is 1.65. The molecule has 0 unspecified atom stereocenters. The third kappa shape index (κ3) is 2.29. The molecule has 0 aliphatic heterocycles. The lowest BCUT2D eigenvalue weighted by Crippen LogP contribution is -2.26. The number of hydrogen-bond acceptors (Lipinski definition) is 4. The highest BCUT2D eigenvalue weighted by Gasteiger charge is 2.18. The Morgan fingerprint density at radius 3 is 2.55 bits per heavy atom. The van der Waals surface area contributed by atoms with Gasteiger partial charge in [0.15, 0.2) is 5.69 Å². The van der Waals surface area contributed by atoms with Crippen molar-refractivity contribution in [2.45, 2.75) is 13.8 Å². The molecule has 2 heterocycles. The van der Waals surface area contributed by atoms with Gasteiger partial charge in [0, 0.05) is 13.2 Å². The van der Waals surface area contributed by atoms with Gasteiger partial charge in [-0.3, -0.25) is 9.20 Å².